The molecule has 3 nitrogen and oxygen atoms in total. The second-order valence-electron chi connectivity index (χ2n) is 8.45. The molecule has 1 aliphatic carbocycles. The molecule has 0 aromatic heterocycles. The summed E-state index contributed by atoms with van der Waals surface area (Å²) in [6.07, 6.45) is 10.8. The van der Waals surface area contributed by atoms with Crippen molar-refractivity contribution in [2.24, 2.45) is 15.7 Å². The molecule has 1 spiro atoms. The van der Waals surface area contributed by atoms with Crippen molar-refractivity contribution in [3.05, 3.63) is 24.1 Å². The Morgan fingerprint density at radius 2 is 2.04 bits per heavy atom. The van der Waals surface area contributed by atoms with E-state index in [1.54, 1.807) is 0 Å². The summed E-state index contributed by atoms with van der Waals surface area (Å²) in [5.74, 6) is 3.20. The van der Waals surface area contributed by atoms with Gasteiger partial charge in [-0.05, 0) is 50.0 Å². The lowest BCUT2D eigenvalue weighted by Gasteiger charge is -2.56. The van der Waals surface area contributed by atoms with Crippen LogP contribution in [0.3, 0.4) is 0 Å². The molecule has 1 saturated heterocycles. The Hall–Kier alpha value is -0.900. The second kappa shape index (κ2) is 6.78. The van der Waals surface area contributed by atoms with Crippen molar-refractivity contribution in [2.45, 2.75) is 65.7 Å². The summed E-state index contributed by atoms with van der Waals surface area (Å²) >= 11 is 0. The van der Waals surface area contributed by atoms with E-state index < -0.39 is 10.4 Å². The number of rotatable bonds is 5. The van der Waals surface area contributed by atoms with Gasteiger partial charge in [-0.25, -0.2) is 4.40 Å². The van der Waals surface area contributed by atoms with E-state index in [-0.39, 0.29) is 5.76 Å². The van der Waals surface area contributed by atoms with E-state index >= 15 is 0 Å². The number of aliphatic hydroxyl groups is 1. The minimum absolute atomic E-state index is 0.230. The average molecular weight is 351 g/mol. The number of allylic oxidation sites excluding steroid dienone is 1. The first-order valence-electron chi connectivity index (χ1n) is 9.63. The lowest BCUT2D eigenvalue weighted by molar-refractivity contribution is 0.221. The maximum absolute atomic E-state index is 10.3. The van der Waals surface area contributed by atoms with Crippen LogP contribution in [0.5, 0.6) is 0 Å². The smallest absolute Gasteiger partial charge is 0.132 e. The van der Waals surface area contributed by atoms with E-state index in [1.807, 2.05) is 0 Å². The summed E-state index contributed by atoms with van der Waals surface area (Å²) in [5.41, 5.74) is 2.71. The molecule has 0 unspecified atom stereocenters. The summed E-state index contributed by atoms with van der Waals surface area (Å²) in [7, 11) is -1.10. The summed E-state index contributed by atoms with van der Waals surface area (Å²) in [5, 5.41) is 10.3. The first-order valence-corrected chi connectivity index (χ1v) is 11.5. The Labute approximate surface area is 149 Å². The van der Waals surface area contributed by atoms with Crippen molar-refractivity contribution in [3.63, 3.8) is 0 Å². The quantitative estimate of drug-likeness (QED) is 0.640. The highest BCUT2D eigenvalue weighted by Gasteiger charge is 2.42. The van der Waals surface area contributed by atoms with Gasteiger partial charge in [0.1, 0.15) is 5.76 Å². The fourth-order valence-electron chi connectivity index (χ4n) is 4.09. The predicted octanol–water partition coefficient (Wildman–Crippen LogP) is 5.75. The molecular weight excluding hydrogens is 316 g/mol. The van der Waals surface area contributed by atoms with Crippen LogP contribution >= 0.6 is 10.4 Å². The molecule has 0 atom stereocenters. The van der Waals surface area contributed by atoms with Crippen LogP contribution in [-0.4, -0.2) is 33.2 Å². The van der Waals surface area contributed by atoms with Crippen LogP contribution < -0.4 is 0 Å². The zero-order valence-corrected chi connectivity index (χ0v) is 16.5. The lowest BCUT2D eigenvalue weighted by Crippen LogP contribution is -2.41. The van der Waals surface area contributed by atoms with Crippen molar-refractivity contribution in [3.8, 4) is 0 Å². The van der Waals surface area contributed by atoms with Crippen LogP contribution in [0.1, 0.15) is 65.7 Å². The molecule has 24 heavy (non-hydrogen) atoms. The first-order chi connectivity index (χ1) is 11.4. The molecule has 0 bridgehead atoms. The fraction of sp³-hybridized carbons (Fsp3) is 0.750. The third-order valence-corrected chi connectivity index (χ3v) is 9.58. The van der Waals surface area contributed by atoms with Gasteiger partial charge < -0.3 is 9.41 Å². The van der Waals surface area contributed by atoms with Gasteiger partial charge in [0.05, 0.1) is 11.4 Å². The molecular formula is C20H34N2OS. The van der Waals surface area contributed by atoms with E-state index in [0.717, 1.165) is 18.7 Å². The fourth-order valence-corrected chi connectivity index (χ4v) is 7.20. The van der Waals surface area contributed by atoms with Crippen LogP contribution in [0.15, 0.2) is 28.5 Å². The van der Waals surface area contributed by atoms with Crippen molar-refractivity contribution >= 4 is 16.1 Å². The first kappa shape index (κ1) is 17.9. The van der Waals surface area contributed by atoms with Crippen molar-refractivity contribution in [2.75, 3.05) is 18.1 Å². The minimum Gasteiger partial charge on any atom is -0.506 e. The normalized spacial score (nSPS) is 27.2. The molecule has 2 heterocycles. The summed E-state index contributed by atoms with van der Waals surface area (Å²) in [6.45, 7) is 11.9. The van der Waals surface area contributed by atoms with Gasteiger partial charge in [0, 0.05) is 24.0 Å². The maximum atomic E-state index is 10.3. The Morgan fingerprint density at radius 1 is 1.38 bits per heavy atom. The molecule has 0 radical (unpaired) electrons. The molecule has 0 amide bonds. The van der Waals surface area contributed by atoms with Crippen LogP contribution in [0, 0.1) is 11.3 Å². The number of nitrogens with zero attached hydrogens (tertiary/aromatic N) is 2. The molecule has 0 aromatic rings. The van der Waals surface area contributed by atoms with Crippen molar-refractivity contribution < 1.29 is 5.11 Å². The van der Waals surface area contributed by atoms with Crippen molar-refractivity contribution in [1.29, 1.82) is 0 Å². The highest BCUT2D eigenvalue weighted by molar-refractivity contribution is 8.32. The molecule has 136 valence electrons. The Kier molecular flexibility index (Phi) is 5.06. The molecule has 1 saturated carbocycles. The van der Waals surface area contributed by atoms with Gasteiger partial charge >= 0.3 is 0 Å². The molecule has 2 fully saturated rings. The standard InChI is InChI=1S/C20H34N2OS/c1-5-6-12-22-19(16(2)23)15-18(21-24(22)13-7-14-24)17-8-10-20(3,4)11-9-17/h15,17,23H,2,5-14H2,1,3-4H3. The monoisotopic (exact) mass is 350 g/mol. The van der Waals surface area contributed by atoms with Gasteiger partial charge in [-0.15, -0.1) is 0 Å². The topological polar surface area (TPSA) is 35.8 Å². The molecule has 3 rings (SSSR count). The highest BCUT2D eigenvalue weighted by Crippen LogP contribution is 2.64. The Balaban J connectivity index is 1.86. The zero-order chi connectivity index (χ0) is 17.4. The SMILES string of the molecule is C=C(O)C1=CC(C2CCC(C)(C)CC2)=NS2(CCC2)N1CCCC. The molecule has 0 aromatic carbocycles. The van der Waals surface area contributed by atoms with Crippen LogP contribution in [0.25, 0.3) is 0 Å². The maximum Gasteiger partial charge on any atom is 0.132 e. The van der Waals surface area contributed by atoms with Gasteiger partial charge in [0.15, 0.2) is 0 Å². The molecule has 4 heteroatoms. The van der Waals surface area contributed by atoms with E-state index in [2.05, 4.69) is 37.7 Å². The van der Waals surface area contributed by atoms with Gasteiger partial charge in [0.25, 0.3) is 0 Å². The minimum atomic E-state index is -1.10. The van der Waals surface area contributed by atoms with Crippen molar-refractivity contribution in [1.82, 2.24) is 4.31 Å². The Morgan fingerprint density at radius 3 is 2.54 bits per heavy atom. The van der Waals surface area contributed by atoms with Gasteiger partial charge in [-0.2, -0.15) is 0 Å². The number of hydrogen-bond acceptors (Lipinski definition) is 3. The van der Waals surface area contributed by atoms with Gasteiger partial charge in [-0.1, -0.05) is 44.2 Å². The lowest BCUT2D eigenvalue weighted by atomic mass is 9.72. The van der Waals surface area contributed by atoms with Crippen LogP contribution in [0.2, 0.25) is 0 Å². The number of unbranched alkanes of at least 4 members (excludes halogenated alkanes) is 1. The third-order valence-electron chi connectivity index (χ3n) is 5.95. The van der Waals surface area contributed by atoms with E-state index in [4.69, 9.17) is 4.40 Å². The third kappa shape index (κ3) is 3.40. The molecule has 3 aliphatic rings. The highest BCUT2D eigenvalue weighted by atomic mass is 32.3. The average Bonchev–Trinajstić information content (AvgIpc) is 2.50. The predicted molar refractivity (Wildman–Crippen MR) is 107 cm³/mol. The largest absolute Gasteiger partial charge is 0.506 e. The van der Waals surface area contributed by atoms with E-state index in [0.29, 0.717) is 11.3 Å². The van der Waals surface area contributed by atoms with E-state index in [9.17, 15) is 5.11 Å². The molecule has 1 N–H and O–H groups in total. The van der Waals surface area contributed by atoms with E-state index in [1.165, 1.54) is 55.7 Å². The summed E-state index contributed by atoms with van der Waals surface area (Å²) in [6, 6.07) is 0. The summed E-state index contributed by atoms with van der Waals surface area (Å²) < 4.78 is 7.78. The van der Waals surface area contributed by atoms with Gasteiger partial charge in [-0.3, -0.25) is 0 Å². The second-order valence-corrected chi connectivity index (χ2v) is 11.5. The van der Waals surface area contributed by atoms with Crippen LogP contribution in [0.4, 0.5) is 0 Å². The summed E-state index contributed by atoms with van der Waals surface area (Å²) in [4.78, 5) is 0. The molecule has 2 aliphatic heterocycles. The number of hydrogen-bond donors (Lipinski definition) is 1. The zero-order valence-electron chi connectivity index (χ0n) is 15.7. The van der Waals surface area contributed by atoms with Gasteiger partial charge in [0.2, 0.25) is 0 Å². The number of aliphatic hydroxyl groups excluding tert-OH is 1. The Bertz CT molecular complexity index is 550. The van der Waals surface area contributed by atoms with Crippen LogP contribution in [-0.2, 0) is 0 Å².